The highest BCUT2D eigenvalue weighted by Gasteiger charge is 2.28. The number of pyridine rings is 1. The summed E-state index contributed by atoms with van der Waals surface area (Å²) < 4.78 is 13.5. The van der Waals surface area contributed by atoms with E-state index >= 15 is 0 Å². The van der Waals surface area contributed by atoms with Crippen LogP contribution in [-0.4, -0.2) is 67.0 Å². The lowest BCUT2D eigenvalue weighted by atomic mass is 10.0. The number of amides is 2. The largest absolute Gasteiger partial charge is 0.371 e. The molecular formula is C28H30FN5O2. The molecule has 0 radical (unpaired) electrons. The Hall–Kier alpha value is -3.94. The number of hydrogen-bond acceptors (Lipinski definition) is 5. The molecule has 3 aromatic rings. The van der Waals surface area contributed by atoms with Gasteiger partial charge >= 0.3 is 0 Å². The summed E-state index contributed by atoms with van der Waals surface area (Å²) in [5.74, 6) is 0.315. The SMILES string of the molecule is O=C(NC1CCN(c2ccccc2C(=O)N2CCN(c3ccccn3)CC2)CC1)c1cccc(F)c1. The van der Waals surface area contributed by atoms with Crippen LogP contribution in [0.3, 0.4) is 0 Å². The van der Waals surface area contributed by atoms with E-state index in [9.17, 15) is 14.0 Å². The molecule has 2 fully saturated rings. The summed E-state index contributed by atoms with van der Waals surface area (Å²) >= 11 is 0. The number of nitrogens with zero attached hydrogens (tertiary/aromatic N) is 4. The second kappa shape index (κ2) is 10.8. The predicted molar refractivity (Wildman–Crippen MR) is 138 cm³/mol. The quantitative estimate of drug-likeness (QED) is 0.596. The molecule has 8 heteroatoms. The van der Waals surface area contributed by atoms with Gasteiger partial charge in [0.15, 0.2) is 0 Å². The number of halogens is 1. The first-order valence-corrected chi connectivity index (χ1v) is 12.4. The Morgan fingerprint density at radius 1 is 0.833 bits per heavy atom. The van der Waals surface area contributed by atoms with Gasteiger partial charge in [0.2, 0.25) is 0 Å². The predicted octanol–water partition coefficient (Wildman–Crippen LogP) is 3.58. The van der Waals surface area contributed by atoms with Gasteiger partial charge in [-0.25, -0.2) is 9.37 Å². The van der Waals surface area contributed by atoms with E-state index in [0.717, 1.165) is 50.5 Å². The smallest absolute Gasteiger partial charge is 0.256 e. The van der Waals surface area contributed by atoms with Crippen LogP contribution < -0.4 is 15.1 Å². The average Bonchev–Trinajstić information content (AvgIpc) is 2.94. The topological polar surface area (TPSA) is 68.8 Å². The second-order valence-corrected chi connectivity index (χ2v) is 9.23. The normalized spacial score (nSPS) is 16.6. The number of hydrogen-bond donors (Lipinski definition) is 1. The molecule has 36 heavy (non-hydrogen) atoms. The lowest BCUT2D eigenvalue weighted by Gasteiger charge is -2.37. The number of carbonyl (C=O) groups excluding carboxylic acids is 2. The van der Waals surface area contributed by atoms with Crippen LogP contribution in [0.15, 0.2) is 72.9 Å². The zero-order chi connectivity index (χ0) is 24.9. The third kappa shape index (κ3) is 5.32. The summed E-state index contributed by atoms with van der Waals surface area (Å²) in [6.07, 6.45) is 3.30. The molecule has 0 saturated carbocycles. The van der Waals surface area contributed by atoms with Gasteiger partial charge in [0, 0.05) is 62.8 Å². The van der Waals surface area contributed by atoms with Crippen LogP contribution in [-0.2, 0) is 0 Å². The summed E-state index contributed by atoms with van der Waals surface area (Å²) in [7, 11) is 0. The number of benzene rings is 2. The fourth-order valence-corrected chi connectivity index (χ4v) is 4.94. The van der Waals surface area contributed by atoms with E-state index in [0.29, 0.717) is 24.2 Å². The first-order chi connectivity index (χ1) is 17.6. The molecule has 7 nitrogen and oxygen atoms in total. The third-order valence-corrected chi connectivity index (χ3v) is 6.93. The van der Waals surface area contributed by atoms with E-state index < -0.39 is 5.82 Å². The molecule has 2 amide bonds. The lowest BCUT2D eigenvalue weighted by Crippen LogP contribution is -2.49. The fraction of sp³-hybridized carbons (Fsp3) is 0.321. The minimum atomic E-state index is -0.420. The molecular weight excluding hydrogens is 457 g/mol. The molecule has 3 heterocycles. The van der Waals surface area contributed by atoms with Crippen LogP contribution in [0.2, 0.25) is 0 Å². The third-order valence-electron chi connectivity index (χ3n) is 6.93. The van der Waals surface area contributed by atoms with Crippen LogP contribution >= 0.6 is 0 Å². The molecule has 5 rings (SSSR count). The number of aromatic nitrogens is 1. The van der Waals surface area contributed by atoms with Crippen molar-refractivity contribution in [3.05, 3.63) is 89.9 Å². The van der Waals surface area contributed by atoms with Crippen molar-refractivity contribution in [2.24, 2.45) is 0 Å². The molecule has 2 aliphatic rings. The first-order valence-electron chi connectivity index (χ1n) is 12.4. The van der Waals surface area contributed by atoms with Gasteiger partial charge < -0.3 is 20.0 Å². The molecule has 2 aliphatic heterocycles. The Bertz CT molecular complexity index is 1210. The molecule has 0 atom stereocenters. The number of nitrogens with one attached hydrogen (secondary N) is 1. The average molecular weight is 488 g/mol. The molecule has 186 valence electrons. The number of rotatable bonds is 5. The molecule has 1 aromatic heterocycles. The Labute approximate surface area is 210 Å². The van der Waals surface area contributed by atoms with Crippen molar-refractivity contribution in [1.82, 2.24) is 15.2 Å². The standard InChI is InChI=1S/C28H30FN5O2/c29-22-7-5-6-21(20-22)27(35)31-23-11-14-32(15-12-23)25-9-2-1-8-24(25)28(36)34-18-16-33(17-19-34)26-10-3-4-13-30-26/h1-10,13,20,23H,11-12,14-19H2,(H,31,35). The molecule has 0 spiro atoms. The van der Waals surface area contributed by atoms with Gasteiger partial charge in [0.05, 0.1) is 5.56 Å². The molecule has 0 aliphatic carbocycles. The summed E-state index contributed by atoms with van der Waals surface area (Å²) in [6, 6.07) is 19.4. The van der Waals surface area contributed by atoms with E-state index in [-0.39, 0.29) is 17.9 Å². The molecule has 2 saturated heterocycles. The van der Waals surface area contributed by atoms with Crippen molar-refractivity contribution >= 4 is 23.3 Å². The number of anilines is 2. The maximum absolute atomic E-state index is 13.5. The Morgan fingerprint density at radius 2 is 1.58 bits per heavy atom. The Morgan fingerprint density at radius 3 is 2.31 bits per heavy atom. The van der Waals surface area contributed by atoms with E-state index in [4.69, 9.17) is 0 Å². The molecule has 1 N–H and O–H groups in total. The number of piperazine rings is 1. The number of piperidine rings is 1. The van der Waals surface area contributed by atoms with Crippen molar-refractivity contribution in [3.63, 3.8) is 0 Å². The summed E-state index contributed by atoms with van der Waals surface area (Å²) in [5.41, 5.74) is 1.98. The van der Waals surface area contributed by atoms with Crippen LogP contribution in [0.5, 0.6) is 0 Å². The van der Waals surface area contributed by atoms with Crippen molar-refractivity contribution in [3.8, 4) is 0 Å². The van der Waals surface area contributed by atoms with Crippen LogP contribution in [0.1, 0.15) is 33.6 Å². The minimum absolute atomic E-state index is 0.0135. The van der Waals surface area contributed by atoms with Gasteiger partial charge in [-0.15, -0.1) is 0 Å². The number of carbonyl (C=O) groups is 2. The van der Waals surface area contributed by atoms with Gasteiger partial charge in [-0.2, -0.15) is 0 Å². The van der Waals surface area contributed by atoms with Gasteiger partial charge in [-0.1, -0.05) is 24.3 Å². The highest BCUT2D eigenvalue weighted by molar-refractivity contribution is 6.00. The van der Waals surface area contributed by atoms with Crippen molar-refractivity contribution in [2.45, 2.75) is 18.9 Å². The minimum Gasteiger partial charge on any atom is -0.371 e. The summed E-state index contributed by atoms with van der Waals surface area (Å²) in [4.78, 5) is 36.8. The van der Waals surface area contributed by atoms with E-state index in [1.807, 2.05) is 47.4 Å². The van der Waals surface area contributed by atoms with Crippen molar-refractivity contribution < 1.29 is 14.0 Å². The number of para-hydroxylation sites is 1. The van der Waals surface area contributed by atoms with E-state index in [1.165, 1.54) is 12.1 Å². The van der Waals surface area contributed by atoms with Gasteiger partial charge in [0.1, 0.15) is 11.6 Å². The van der Waals surface area contributed by atoms with Crippen LogP contribution in [0.4, 0.5) is 15.9 Å². The summed E-state index contributed by atoms with van der Waals surface area (Å²) in [5, 5.41) is 3.02. The lowest BCUT2D eigenvalue weighted by molar-refractivity contribution is 0.0747. The maximum atomic E-state index is 13.5. The summed E-state index contributed by atoms with van der Waals surface area (Å²) in [6.45, 7) is 4.26. The van der Waals surface area contributed by atoms with E-state index in [2.05, 4.69) is 20.1 Å². The zero-order valence-electron chi connectivity index (χ0n) is 20.1. The Balaban J connectivity index is 1.19. The fourth-order valence-electron chi connectivity index (χ4n) is 4.94. The zero-order valence-corrected chi connectivity index (χ0v) is 20.1. The second-order valence-electron chi connectivity index (χ2n) is 9.23. The van der Waals surface area contributed by atoms with Gasteiger partial charge in [0.25, 0.3) is 11.8 Å². The monoisotopic (exact) mass is 487 g/mol. The Kier molecular flexibility index (Phi) is 7.11. The van der Waals surface area contributed by atoms with Crippen LogP contribution in [0, 0.1) is 5.82 Å². The maximum Gasteiger partial charge on any atom is 0.256 e. The first kappa shape index (κ1) is 23.8. The van der Waals surface area contributed by atoms with Crippen LogP contribution in [0.25, 0.3) is 0 Å². The van der Waals surface area contributed by atoms with Crippen molar-refractivity contribution in [1.29, 1.82) is 0 Å². The van der Waals surface area contributed by atoms with Crippen molar-refractivity contribution in [2.75, 3.05) is 49.1 Å². The highest BCUT2D eigenvalue weighted by atomic mass is 19.1. The molecule has 2 aromatic carbocycles. The molecule has 0 bridgehead atoms. The highest BCUT2D eigenvalue weighted by Crippen LogP contribution is 2.26. The van der Waals surface area contributed by atoms with E-state index in [1.54, 1.807) is 18.3 Å². The van der Waals surface area contributed by atoms with Gasteiger partial charge in [-0.3, -0.25) is 9.59 Å². The molecule has 0 unspecified atom stereocenters. The van der Waals surface area contributed by atoms with Gasteiger partial charge in [-0.05, 0) is 55.3 Å².